The van der Waals surface area contributed by atoms with Gasteiger partial charge >= 0.3 is 6.03 Å². The topological polar surface area (TPSA) is 67.9 Å². The summed E-state index contributed by atoms with van der Waals surface area (Å²) in [5.74, 6) is 0.925. The molecule has 0 bridgehead atoms. The molecule has 2 aliphatic rings. The molecular weight excluding hydrogens is 484 g/mol. The molecule has 0 aromatic heterocycles. The van der Waals surface area contributed by atoms with Gasteiger partial charge in [-0.25, -0.2) is 4.79 Å². The number of hydrogen-bond donors (Lipinski definition) is 1. The maximum Gasteiger partial charge on any atom is 0.329 e. The predicted molar refractivity (Wildman–Crippen MR) is 131 cm³/mol. The van der Waals surface area contributed by atoms with E-state index in [2.05, 4.69) is 33.4 Å². The second kappa shape index (κ2) is 10.4. The number of halogens is 1. The van der Waals surface area contributed by atoms with E-state index >= 15 is 0 Å². The van der Waals surface area contributed by atoms with E-state index in [1.807, 2.05) is 38.1 Å². The van der Waals surface area contributed by atoms with E-state index < -0.39 is 0 Å². The van der Waals surface area contributed by atoms with Gasteiger partial charge in [0.05, 0.1) is 6.61 Å². The molecule has 2 aromatic carbocycles. The van der Waals surface area contributed by atoms with Gasteiger partial charge in [-0.15, -0.1) is 0 Å². The van der Waals surface area contributed by atoms with Gasteiger partial charge in [0.2, 0.25) is 0 Å². The first-order valence-corrected chi connectivity index (χ1v) is 12.3. The van der Waals surface area contributed by atoms with Gasteiger partial charge in [0, 0.05) is 10.5 Å². The van der Waals surface area contributed by atoms with Gasteiger partial charge in [0.1, 0.15) is 12.3 Å². The molecule has 1 aliphatic heterocycles. The number of carbonyl (C=O) groups is 2. The average molecular weight is 513 g/mol. The van der Waals surface area contributed by atoms with Crippen LogP contribution in [0.15, 0.2) is 46.6 Å². The highest BCUT2D eigenvalue weighted by atomic mass is 79.9. The largest absolute Gasteiger partial charge is 0.490 e. The van der Waals surface area contributed by atoms with Gasteiger partial charge in [-0.1, -0.05) is 65.0 Å². The van der Waals surface area contributed by atoms with Crippen molar-refractivity contribution in [1.29, 1.82) is 0 Å². The molecule has 1 heterocycles. The van der Waals surface area contributed by atoms with Crippen LogP contribution in [0.5, 0.6) is 11.5 Å². The summed E-state index contributed by atoms with van der Waals surface area (Å²) in [6.45, 7) is 4.85. The fraction of sp³-hybridized carbons (Fsp3) is 0.385. The molecule has 174 valence electrons. The number of rotatable bonds is 7. The normalized spacial score (nSPS) is 18.0. The molecule has 33 heavy (non-hydrogen) atoms. The first-order chi connectivity index (χ1) is 16.0. The molecule has 6 nitrogen and oxygen atoms in total. The molecule has 3 amide bonds. The van der Waals surface area contributed by atoms with E-state index in [0.717, 1.165) is 47.7 Å². The van der Waals surface area contributed by atoms with Gasteiger partial charge in [0.25, 0.3) is 5.91 Å². The maximum atomic E-state index is 13.0. The molecular formula is C26H29BrN2O4. The van der Waals surface area contributed by atoms with Gasteiger partial charge in [-0.3, -0.25) is 9.69 Å². The van der Waals surface area contributed by atoms with Crippen molar-refractivity contribution < 1.29 is 19.1 Å². The lowest BCUT2D eigenvalue weighted by atomic mass is 9.94. The number of hydrogen-bond acceptors (Lipinski definition) is 4. The van der Waals surface area contributed by atoms with E-state index in [9.17, 15) is 9.59 Å². The number of benzene rings is 2. The van der Waals surface area contributed by atoms with Gasteiger partial charge in [0.15, 0.2) is 11.5 Å². The van der Waals surface area contributed by atoms with Crippen LogP contribution in [0.4, 0.5) is 4.79 Å². The lowest BCUT2D eigenvalue weighted by molar-refractivity contribution is -0.124. The summed E-state index contributed by atoms with van der Waals surface area (Å²) in [7, 11) is 0. The number of aryl methyl sites for hydroxylation is 1. The SMILES string of the molecule is CCOc1cc(/C=C2\NC(=O)N(C3CCCCC3)C2=O)c(Br)cc1OCc1ccc(C)cc1. The fourth-order valence-corrected chi connectivity index (χ4v) is 4.70. The zero-order chi connectivity index (χ0) is 23.4. The third-order valence-electron chi connectivity index (χ3n) is 6.03. The summed E-state index contributed by atoms with van der Waals surface area (Å²) in [6, 6.07) is 11.5. The molecule has 1 saturated heterocycles. The molecule has 0 spiro atoms. The molecule has 1 saturated carbocycles. The highest BCUT2D eigenvalue weighted by Gasteiger charge is 2.39. The van der Waals surface area contributed by atoms with Crippen LogP contribution in [0.3, 0.4) is 0 Å². The Morgan fingerprint density at radius 2 is 1.76 bits per heavy atom. The Balaban J connectivity index is 1.55. The minimum atomic E-state index is -0.336. The number of carbonyl (C=O) groups excluding carboxylic acids is 2. The average Bonchev–Trinajstić information content (AvgIpc) is 3.09. The summed E-state index contributed by atoms with van der Waals surface area (Å²) in [6.07, 6.45) is 6.70. The second-order valence-electron chi connectivity index (χ2n) is 8.48. The Hall–Kier alpha value is -2.80. The van der Waals surface area contributed by atoms with Crippen LogP contribution in [0.25, 0.3) is 6.08 Å². The fourth-order valence-electron chi connectivity index (χ4n) is 4.26. The van der Waals surface area contributed by atoms with Crippen molar-refractivity contribution in [2.75, 3.05) is 6.61 Å². The number of nitrogens with one attached hydrogen (secondary N) is 1. The first kappa shape index (κ1) is 23.4. The first-order valence-electron chi connectivity index (χ1n) is 11.5. The number of urea groups is 1. The quantitative estimate of drug-likeness (QED) is 0.367. The number of imide groups is 1. The number of amides is 3. The third kappa shape index (κ3) is 5.41. The van der Waals surface area contributed by atoms with Gasteiger partial charge in [-0.05, 0) is 56.0 Å². The second-order valence-corrected chi connectivity index (χ2v) is 9.34. The molecule has 0 radical (unpaired) electrons. The Morgan fingerprint density at radius 1 is 1.06 bits per heavy atom. The molecule has 0 atom stereocenters. The van der Waals surface area contributed by atoms with Crippen LogP contribution >= 0.6 is 15.9 Å². The molecule has 0 unspecified atom stereocenters. The standard InChI is InChI=1S/C26H29BrN2O4/c1-3-32-23-14-19(21(27)15-24(23)33-16-18-11-9-17(2)10-12-18)13-22-25(30)29(26(31)28-22)20-7-5-4-6-8-20/h9-15,20H,3-8,16H2,1-2H3,(H,28,31)/b22-13-. The number of ether oxygens (including phenoxy) is 2. The summed E-state index contributed by atoms with van der Waals surface area (Å²) < 4.78 is 12.6. The van der Waals surface area contributed by atoms with E-state index in [4.69, 9.17) is 9.47 Å². The van der Waals surface area contributed by atoms with E-state index in [0.29, 0.717) is 24.7 Å². The Labute approximate surface area is 203 Å². The van der Waals surface area contributed by atoms with Crippen LogP contribution < -0.4 is 14.8 Å². The van der Waals surface area contributed by atoms with Crippen molar-refractivity contribution in [2.24, 2.45) is 0 Å². The zero-order valence-electron chi connectivity index (χ0n) is 19.0. The van der Waals surface area contributed by atoms with Crippen molar-refractivity contribution in [3.05, 3.63) is 63.3 Å². The van der Waals surface area contributed by atoms with Crippen molar-refractivity contribution in [2.45, 2.75) is 58.6 Å². The number of nitrogens with zero attached hydrogens (tertiary/aromatic N) is 1. The molecule has 1 aliphatic carbocycles. The zero-order valence-corrected chi connectivity index (χ0v) is 20.6. The van der Waals surface area contributed by atoms with E-state index in [1.165, 1.54) is 10.5 Å². The van der Waals surface area contributed by atoms with Crippen molar-refractivity contribution >= 4 is 33.9 Å². The molecule has 4 rings (SSSR count). The van der Waals surface area contributed by atoms with Crippen LogP contribution in [0.2, 0.25) is 0 Å². The summed E-state index contributed by atoms with van der Waals surface area (Å²) in [5.41, 5.74) is 3.27. The van der Waals surface area contributed by atoms with E-state index in [1.54, 1.807) is 6.08 Å². The van der Waals surface area contributed by atoms with Crippen molar-refractivity contribution in [3.8, 4) is 11.5 Å². The highest BCUT2D eigenvalue weighted by molar-refractivity contribution is 9.10. The highest BCUT2D eigenvalue weighted by Crippen LogP contribution is 2.36. The summed E-state index contributed by atoms with van der Waals surface area (Å²) in [5, 5.41) is 2.75. The van der Waals surface area contributed by atoms with E-state index in [-0.39, 0.29) is 23.7 Å². The van der Waals surface area contributed by atoms with Crippen molar-refractivity contribution in [1.82, 2.24) is 10.2 Å². The molecule has 7 heteroatoms. The Morgan fingerprint density at radius 3 is 2.45 bits per heavy atom. The Bertz CT molecular complexity index is 1060. The molecule has 2 aromatic rings. The van der Waals surface area contributed by atoms with Crippen LogP contribution in [0, 0.1) is 6.92 Å². The minimum absolute atomic E-state index is 0.0165. The van der Waals surface area contributed by atoms with Gasteiger partial charge < -0.3 is 14.8 Å². The van der Waals surface area contributed by atoms with Crippen LogP contribution in [0.1, 0.15) is 55.7 Å². The predicted octanol–water partition coefficient (Wildman–Crippen LogP) is 5.96. The Kier molecular flexibility index (Phi) is 7.38. The minimum Gasteiger partial charge on any atom is -0.490 e. The van der Waals surface area contributed by atoms with Crippen molar-refractivity contribution in [3.63, 3.8) is 0 Å². The van der Waals surface area contributed by atoms with Crippen LogP contribution in [-0.4, -0.2) is 29.5 Å². The smallest absolute Gasteiger partial charge is 0.329 e. The summed E-state index contributed by atoms with van der Waals surface area (Å²) >= 11 is 3.58. The molecule has 1 N–H and O–H groups in total. The molecule has 2 fully saturated rings. The monoisotopic (exact) mass is 512 g/mol. The van der Waals surface area contributed by atoms with Gasteiger partial charge in [-0.2, -0.15) is 0 Å². The lowest BCUT2D eigenvalue weighted by Crippen LogP contribution is -2.41. The third-order valence-corrected chi connectivity index (χ3v) is 6.71. The maximum absolute atomic E-state index is 13.0. The van der Waals surface area contributed by atoms with Crippen LogP contribution in [-0.2, 0) is 11.4 Å². The lowest BCUT2D eigenvalue weighted by Gasteiger charge is -2.28. The summed E-state index contributed by atoms with van der Waals surface area (Å²) in [4.78, 5) is 26.9.